The van der Waals surface area contributed by atoms with Gasteiger partial charge in [0.25, 0.3) is 0 Å². The number of esters is 1. The second-order valence-electron chi connectivity index (χ2n) is 15.9. The van der Waals surface area contributed by atoms with Crippen molar-refractivity contribution in [1.82, 2.24) is 5.32 Å². The highest BCUT2D eigenvalue weighted by Crippen LogP contribution is 2.16. The van der Waals surface area contributed by atoms with Crippen molar-refractivity contribution in [2.75, 3.05) is 6.61 Å². The van der Waals surface area contributed by atoms with E-state index in [2.05, 4.69) is 86.8 Å². The summed E-state index contributed by atoms with van der Waals surface area (Å²) in [5, 5.41) is 23.6. The first-order valence-electron chi connectivity index (χ1n) is 24.0. The van der Waals surface area contributed by atoms with E-state index >= 15 is 0 Å². The standard InChI is InChI=1S/C53H89NO5/c1-4-7-10-13-16-19-22-24-25-26-27-28-31-34-37-40-43-46-53(58)59-49(44-41-38-35-32-29-21-18-15-12-9-6-3)47-52(57)54-50(48-55)51(56)45-42-39-36-33-30-23-20-17-14-11-8-5-2/h9,12,15-16,18-19,21,24-25,27-29,32,34-35,37,49-51,55-56H,4-8,10-11,13-14,17,20,22-23,26,30-31,33,36,38-48H2,1-3H3,(H,54,57)/b12-9+,18-15+,19-16-,25-24-,28-27-,29-21-,35-32-,37-34-. The van der Waals surface area contributed by atoms with Gasteiger partial charge >= 0.3 is 5.97 Å². The molecule has 0 heterocycles. The SMILES string of the molecule is CC/C=C/C=C/C=C\C=C/CCCC(CC(=O)NC(CO)C(O)CCCCCCCCCCCCCC)OC(=O)CCC/C=C\C/C=C\C/C=C\C/C=C\CCCCC. The van der Waals surface area contributed by atoms with Crippen LogP contribution in [0.1, 0.15) is 201 Å². The second-order valence-corrected chi connectivity index (χ2v) is 15.9. The summed E-state index contributed by atoms with van der Waals surface area (Å²) in [6.07, 6.45) is 60.5. The van der Waals surface area contributed by atoms with E-state index in [9.17, 15) is 19.8 Å². The summed E-state index contributed by atoms with van der Waals surface area (Å²) < 4.78 is 5.84. The van der Waals surface area contributed by atoms with Gasteiger partial charge in [0.2, 0.25) is 5.91 Å². The fourth-order valence-corrected chi connectivity index (χ4v) is 6.61. The van der Waals surface area contributed by atoms with Gasteiger partial charge in [0.05, 0.1) is 25.2 Å². The number of hydrogen-bond donors (Lipinski definition) is 3. The van der Waals surface area contributed by atoms with Gasteiger partial charge in [-0.15, -0.1) is 0 Å². The molecule has 0 aromatic carbocycles. The third kappa shape index (κ3) is 41.3. The van der Waals surface area contributed by atoms with Gasteiger partial charge < -0.3 is 20.3 Å². The molecule has 1 amide bonds. The van der Waals surface area contributed by atoms with Gasteiger partial charge in [-0.1, -0.05) is 208 Å². The number of carbonyl (C=O) groups excluding carboxylic acids is 2. The molecule has 3 atom stereocenters. The lowest BCUT2D eigenvalue weighted by atomic mass is 10.0. The van der Waals surface area contributed by atoms with Gasteiger partial charge in [0, 0.05) is 6.42 Å². The van der Waals surface area contributed by atoms with Crippen LogP contribution in [0.2, 0.25) is 0 Å². The molecule has 0 fully saturated rings. The Kier molecular flexibility index (Phi) is 43.4. The molecule has 0 radical (unpaired) electrons. The number of carbonyl (C=O) groups is 2. The highest BCUT2D eigenvalue weighted by molar-refractivity contribution is 5.77. The minimum atomic E-state index is -0.818. The Hall–Kier alpha value is -3.22. The Morgan fingerprint density at radius 3 is 1.56 bits per heavy atom. The van der Waals surface area contributed by atoms with Gasteiger partial charge in [-0.25, -0.2) is 0 Å². The summed E-state index contributed by atoms with van der Waals surface area (Å²) in [5.74, 6) is -0.620. The van der Waals surface area contributed by atoms with Gasteiger partial charge in [0.15, 0.2) is 0 Å². The van der Waals surface area contributed by atoms with Crippen molar-refractivity contribution < 1.29 is 24.5 Å². The number of unbranched alkanes of at least 4 members (excludes halogenated alkanes) is 16. The zero-order chi connectivity index (χ0) is 43.1. The van der Waals surface area contributed by atoms with Crippen molar-refractivity contribution >= 4 is 11.9 Å². The molecule has 0 aliphatic heterocycles. The summed E-state index contributed by atoms with van der Waals surface area (Å²) in [5.41, 5.74) is 0. The zero-order valence-electron chi connectivity index (χ0n) is 38.1. The molecular formula is C53H89NO5. The van der Waals surface area contributed by atoms with Crippen molar-refractivity contribution in [2.45, 2.75) is 219 Å². The summed E-state index contributed by atoms with van der Waals surface area (Å²) in [6.45, 7) is 6.25. The van der Waals surface area contributed by atoms with E-state index in [-0.39, 0.29) is 24.9 Å². The fourth-order valence-electron chi connectivity index (χ4n) is 6.61. The number of hydrogen-bond acceptors (Lipinski definition) is 5. The molecule has 6 heteroatoms. The Labute approximate surface area is 363 Å². The van der Waals surface area contributed by atoms with Crippen LogP contribution in [0, 0.1) is 0 Å². The largest absolute Gasteiger partial charge is 0.462 e. The molecular weight excluding hydrogens is 731 g/mol. The lowest BCUT2D eigenvalue weighted by molar-refractivity contribution is -0.151. The first kappa shape index (κ1) is 55.8. The predicted octanol–water partition coefficient (Wildman–Crippen LogP) is 14.2. The average molecular weight is 820 g/mol. The number of ether oxygens (including phenoxy) is 1. The van der Waals surface area contributed by atoms with Gasteiger partial charge in [-0.2, -0.15) is 0 Å². The molecule has 0 spiro atoms. The first-order valence-corrected chi connectivity index (χ1v) is 24.0. The summed E-state index contributed by atoms with van der Waals surface area (Å²) in [4.78, 5) is 26.0. The molecule has 0 aliphatic carbocycles. The van der Waals surface area contributed by atoms with Crippen molar-refractivity contribution in [1.29, 1.82) is 0 Å². The molecule has 0 saturated heterocycles. The van der Waals surface area contributed by atoms with Crippen molar-refractivity contribution in [3.8, 4) is 0 Å². The number of nitrogens with one attached hydrogen (secondary N) is 1. The van der Waals surface area contributed by atoms with Crippen LogP contribution in [-0.2, 0) is 14.3 Å². The lowest BCUT2D eigenvalue weighted by Gasteiger charge is -2.24. The van der Waals surface area contributed by atoms with Gasteiger partial charge in [0.1, 0.15) is 6.10 Å². The Morgan fingerprint density at radius 1 is 0.525 bits per heavy atom. The predicted molar refractivity (Wildman–Crippen MR) is 254 cm³/mol. The molecule has 59 heavy (non-hydrogen) atoms. The van der Waals surface area contributed by atoms with Gasteiger partial charge in [-0.05, 0) is 77.0 Å². The van der Waals surface area contributed by atoms with Crippen molar-refractivity contribution in [2.24, 2.45) is 0 Å². The lowest BCUT2D eigenvalue weighted by Crippen LogP contribution is -2.46. The van der Waals surface area contributed by atoms with Crippen LogP contribution in [0.15, 0.2) is 97.2 Å². The highest BCUT2D eigenvalue weighted by Gasteiger charge is 2.23. The van der Waals surface area contributed by atoms with E-state index in [1.54, 1.807) is 0 Å². The van der Waals surface area contributed by atoms with Crippen LogP contribution in [-0.4, -0.2) is 46.9 Å². The molecule has 0 rings (SSSR count). The quantitative estimate of drug-likeness (QED) is 0.0247. The van der Waals surface area contributed by atoms with E-state index < -0.39 is 18.2 Å². The second kappa shape index (κ2) is 45.9. The highest BCUT2D eigenvalue weighted by atomic mass is 16.5. The maximum atomic E-state index is 13.1. The molecule has 336 valence electrons. The third-order valence-electron chi connectivity index (χ3n) is 10.2. The molecule has 0 bridgehead atoms. The van der Waals surface area contributed by atoms with E-state index in [0.29, 0.717) is 25.7 Å². The van der Waals surface area contributed by atoms with Crippen LogP contribution in [0.4, 0.5) is 0 Å². The minimum absolute atomic E-state index is 0.00439. The first-order chi connectivity index (χ1) is 29.0. The number of aliphatic hydroxyl groups excluding tert-OH is 2. The number of aliphatic hydroxyl groups is 2. The number of allylic oxidation sites excluding steroid dienone is 16. The molecule has 0 saturated carbocycles. The average Bonchev–Trinajstić information content (AvgIpc) is 3.23. The van der Waals surface area contributed by atoms with Crippen LogP contribution >= 0.6 is 0 Å². The molecule has 0 aromatic heterocycles. The van der Waals surface area contributed by atoms with Gasteiger partial charge in [-0.3, -0.25) is 9.59 Å². The van der Waals surface area contributed by atoms with Crippen LogP contribution in [0.5, 0.6) is 0 Å². The maximum absolute atomic E-state index is 13.1. The van der Waals surface area contributed by atoms with Crippen LogP contribution in [0.25, 0.3) is 0 Å². The van der Waals surface area contributed by atoms with E-state index in [4.69, 9.17) is 4.74 Å². The van der Waals surface area contributed by atoms with E-state index in [1.165, 1.54) is 83.5 Å². The monoisotopic (exact) mass is 820 g/mol. The van der Waals surface area contributed by atoms with Crippen LogP contribution in [0.3, 0.4) is 0 Å². The van der Waals surface area contributed by atoms with E-state index in [0.717, 1.165) is 64.2 Å². The zero-order valence-corrected chi connectivity index (χ0v) is 38.1. The summed E-state index contributed by atoms with van der Waals surface area (Å²) in [7, 11) is 0. The Morgan fingerprint density at radius 2 is 1.00 bits per heavy atom. The Bertz CT molecular complexity index is 1190. The molecule has 3 N–H and O–H groups in total. The minimum Gasteiger partial charge on any atom is -0.462 e. The summed E-state index contributed by atoms with van der Waals surface area (Å²) in [6, 6.07) is -0.738. The fraction of sp³-hybridized carbons (Fsp3) is 0.660. The topological polar surface area (TPSA) is 95.9 Å². The van der Waals surface area contributed by atoms with Crippen LogP contribution < -0.4 is 5.32 Å². The summed E-state index contributed by atoms with van der Waals surface area (Å²) >= 11 is 0. The molecule has 3 unspecified atom stereocenters. The molecule has 0 aromatic rings. The Balaban J connectivity index is 4.74. The normalized spacial score (nSPS) is 14.2. The number of rotatable bonds is 41. The number of amides is 1. The van der Waals surface area contributed by atoms with Crippen molar-refractivity contribution in [3.63, 3.8) is 0 Å². The smallest absolute Gasteiger partial charge is 0.306 e. The molecule has 6 nitrogen and oxygen atoms in total. The maximum Gasteiger partial charge on any atom is 0.306 e. The van der Waals surface area contributed by atoms with Crippen molar-refractivity contribution in [3.05, 3.63) is 97.2 Å². The van der Waals surface area contributed by atoms with E-state index in [1.807, 2.05) is 36.5 Å². The molecule has 0 aliphatic rings. The third-order valence-corrected chi connectivity index (χ3v) is 10.2.